The van der Waals surface area contributed by atoms with Crippen LogP contribution < -0.4 is 20.1 Å². The van der Waals surface area contributed by atoms with Gasteiger partial charge in [-0.3, -0.25) is 9.48 Å². The summed E-state index contributed by atoms with van der Waals surface area (Å²) in [5, 5.41) is 32.3. The first-order chi connectivity index (χ1) is 22.9. The van der Waals surface area contributed by atoms with Gasteiger partial charge in [-0.2, -0.15) is 5.10 Å². The number of aliphatic hydroxyl groups excluding tert-OH is 1. The molecule has 47 heavy (non-hydrogen) atoms. The molecule has 3 aromatic carbocycles. The highest BCUT2D eigenvalue weighted by Gasteiger charge is 2.29. The second-order valence-corrected chi connectivity index (χ2v) is 11.3. The van der Waals surface area contributed by atoms with E-state index in [4.69, 9.17) is 19.6 Å². The van der Waals surface area contributed by atoms with E-state index < -0.39 is 6.09 Å². The lowest BCUT2D eigenvalue weighted by atomic mass is 10.0. The molecule has 242 valence electrons. The molecule has 1 atom stereocenters. The number of likely N-dealkylation sites (tertiary alicyclic amines) is 1. The third kappa shape index (κ3) is 6.54. The zero-order chi connectivity index (χ0) is 32.9. The lowest BCUT2D eigenvalue weighted by Gasteiger charge is -2.31. The Bertz CT molecular complexity index is 1890. The van der Waals surface area contributed by atoms with Gasteiger partial charge in [-0.1, -0.05) is 30.3 Å². The van der Waals surface area contributed by atoms with Crippen LogP contribution in [0.1, 0.15) is 40.4 Å². The van der Waals surface area contributed by atoms with Crippen molar-refractivity contribution in [2.75, 3.05) is 37.9 Å². The van der Waals surface area contributed by atoms with Gasteiger partial charge in [-0.05, 0) is 49.2 Å². The number of carbonyl (C=O) groups excluding carboxylic acids is 1. The molecule has 1 aliphatic rings. The van der Waals surface area contributed by atoms with Gasteiger partial charge in [0.2, 0.25) is 0 Å². The monoisotopic (exact) mass is 636 g/mol. The van der Waals surface area contributed by atoms with Crippen molar-refractivity contribution in [2.45, 2.75) is 32.0 Å². The van der Waals surface area contributed by atoms with Crippen LogP contribution in [-0.2, 0) is 13.2 Å². The van der Waals surface area contributed by atoms with E-state index in [1.165, 1.54) is 4.90 Å². The van der Waals surface area contributed by atoms with Crippen molar-refractivity contribution >= 4 is 34.4 Å². The van der Waals surface area contributed by atoms with Crippen molar-refractivity contribution in [3.63, 3.8) is 0 Å². The Hall–Kier alpha value is -5.62. The van der Waals surface area contributed by atoms with E-state index >= 15 is 0 Å². The number of ether oxygens (including phenoxy) is 2. The van der Waals surface area contributed by atoms with Gasteiger partial charge in [0.05, 0.1) is 37.8 Å². The zero-order valence-electron chi connectivity index (χ0n) is 26.1. The molecule has 12 nitrogen and oxygen atoms in total. The lowest BCUT2D eigenvalue weighted by Crippen LogP contribution is -2.40. The summed E-state index contributed by atoms with van der Waals surface area (Å²) in [4.78, 5) is 31.0. The second-order valence-electron chi connectivity index (χ2n) is 11.3. The molecule has 12 heteroatoms. The molecule has 2 aromatic heterocycles. The van der Waals surface area contributed by atoms with Gasteiger partial charge in [-0.15, -0.1) is 0 Å². The molecule has 3 heterocycles. The van der Waals surface area contributed by atoms with Crippen molar-refractivity contribution in [3.8, 4) is 22.8 Å². The number of carboxylic acid groups (broad SMARTS) is 1. The minimum Gasteiger partial charge on any atom is -0.497 e. The third-order valence-electron chi connectivity index (χ3n) is 8.38. The summed E-state index contributed by atoms with van der Waals surface area (Å²) in [6, 6.07) is 21.7. The first-order valence-corrected chi connectivity index (χ1v) is 15.3. The van der Waals surface area contributed by atoms with Gasteiger partial charge < -0.3 is 35.2 Å². The van der Waals surface area contributed by atoms with Gasteiger partial charge in [0, 0.05) is 59.8 Å². The van der Waals surface area contributed by atoms with Crippen molar-refractivity contribution in [2.24, 2.45) is 0 Å². The summed E-state index contributed by atoms with van der Waals surface area (Å²) in [6.45, 7) is 0.806. The van der Waals surface area contributed by atoms with E-state index in [0.29, 0.717) is 70.2 Å². The van der Waals surface area contributed by atoms with Crippen LogP contribution in [0.4, 0.5) is 16.3 Å². The van der Waals surface area contributed by atoms with Gasteiger partial charge in [-0.25, -0.2) is 9.78 Å². The number of nitrogens with one attached hydrogen (secondary N) is 2. The standard InChI is InChI=1S/C35H36N6O6/c1-46-28-15-14-24(29(17-28)47-2)18-36-33-30-31(22-10-12-23(13-11-22)34(43)38-26-7-4-3-5-8-26)39-41(32(30)25(21-42)19-37-33)27-9-6-16-40(20-27)35(44)45/h3-5,7-8,10-15,17,19,27,42H,6,9,16,18,20-21H2,1-2H3,(H,36,37)(H,38,43)(H,44,45)/t27-/m1/s1. The Morgan fingerprint density at radius 3 is 2.49 bits per heavy atom. The molecule has 0 bridgehead atoms. The highest BCUT2D eigenvalue weighted by Crippen LogP contribution is 2.38. The molecule has 4 N–H and O–H groups in total. The summed E-state index contributed by atoms with van der Waals surface area (Å²) in [6.07, 6.45) is 2.04. The summed E-state index contributed by atoms with van der Waals surface area (Å²) >= 11 is 0. The molecule has 1 saturated heterocycles. The van der Waals surface area contributed by atoms with Crippen LogP contribution in [0.3, 0.4) is 0 Å². The number of aliphatic hydroxyl groups is 1. The van der Waals surface area contributed by atoms with Crippen LogP contribution in [0.2, 0.25) is 0 Å². The lowest BCUT2D eigenvalue weighted by molar-refractivity contribution is 0.102. The maximum absolute atomic E-state index is 13.0. The highest BCUT2D eigenvalue weighted by molar-refractivity contribution is 6.05. The average Bonchev–Trinajstić information content (AvgIpc) is 3.52. The number of fused-ring (bicyclic) bond motifs is 1. The summed E-state index contributed by atoms with van der Waals surface area (Å²) in [5.74, 6) is 1.62. The number of anilines is 2. The number of hydrogen-bond acceptors (Lipinski definition) is 8. The normalized spacial score (nSPS) is 14.5. The fraction of sp³-hybridized carbons (Fsp3) is 0.257. The number of amides is 2. The minimum absolute atomic E-state index is 0.242. The Morgan fingerprint density at radius 2 is 1.79 bits per heavy atom. The smallest absolute Gasteiger partial charge is 0.407 e. The van der Waals surface area contributed by atoms with E-state index in [1.54, 1.807) is 32.5 Å². The molecule has 1 fully saturated rings. The number of nitrogens with zero attached hydrogens (tertiary/aromatic N) is 4. The molecule has 6 rings (SSSR count). The van der Waals surface area contributed by atoms with E-state index in [1.807, 2.05) is 65.3 Å². The quantitative estimate of drug-likeness (QED) is 0.149. The molecule has 1 aliphatic heterocycles. The van der Waals surface area contributed by atoms with E-state index in [0.717, 1.165) is 17.5 Å². The molecule has 0 unspecified atom stereocenters. The van der Waals surface area contributed by atoms with Crippen molar-refractivity contribution in [3.05, 3.63) is 95.7 Å². The fourth-order valence-electron chi connectivity index (χ4n) is 5.96. The van der Waals surface area contributed by atoms with Gasteiger partial charge in [0.25, 0.3) is 5.91 Å². The number of pyridine rings is 1. The van der Waals surface area contributed by atoms with Gasteiger partial charge in [0.15, 0.2) is 0 Å². The third-order valence-corrected chi connectivity index (χ3v) is 8.38. The number of hydrogen-bond donors (Lipinski definition) is 4. The summed E-state index contributed by atoms with van der Waals surface area (Å²) in [5.41, 5.74) is 4.61. The largest absolute Gasteiger partial charge is 0.497 e. The predicted molar refractivity (Wildman–Crippen MR) is 178 cm³/mol. The van der Waals surface area contributed by atoms with Crippen LogP contribution in [0, 0.1) is 0 Å². The molecule has 0 radical (unpaired) electrons. The van der Waals surface area contributed by atoms with E-state index in [9.17, 15) is 19.8 Å². The van der Waals surface area contributed by atoms with Crippen LogP contribution in [0.25, 0.3) is 22.2 Å². The predicted octanol–water partition coefficient (Wildman–Crippen LogP) is 5.79. The van der Waals surface area contributed by atoms with Gasteiger partial charge >= 0.3 is 6.09 Å². The van der Waals surface area contributed by atoms with E-state index in [2.05, 4.69) is 10.6 Å². The zero-order valence-corrected chi connectivity index (χ0v) is 26.1. The number of rotatable bonds is 10. The molecule has 0 spiro atoms. The Labute approximate surface area is 271 Å². The first-order valence-electron chi connectivity index (χ1n) is 15.3. The molecule has 0 aliphatic carbocycles. The van der Waals surface area contributed by atoms with Crippen LogP contribution in [-0.4, -0.2) is 69.2 Å². The van der Waals surface area contributed by atoms with Gasteiger partial charge in [0.1, 0.15) is 23.0 Å². The molecular weight excluding hydrogens is 600 g/mol. The topological polar surface area (TPSA) is 151 Å². The SMILES string of the molecule is COc1ccc(CNc2ncc(CO)c3c2c(-c2ccc(C(=O)Nc4ccccc4)cc2)nn3[C@@H]2CCCN(C(=O)O)C2)c(OC)c1. The number of methoxy groups -OCH3 is 2. The molecule has 5 aromatic rings. The van der Waals surface area contributed by atoms with Crippen LogP contribution >= 0.6 is 0 Å². The minimum atomic E-state index is -0.976. The number of aromatic nitrogens is 3. The highest BCUT2D eigenvalue weighted by atomic mass is 16.5. The number of para-hydroxylation sites is 1. The molecular formula is C35H36N6O6. The average molecular weight is 637 g/mol. The van der Waals surface area contributed by atoms with Crippen molar-refractivity contribution < 1.29 is 29.3 Å². The fourth-order valence-corrected chi connectivity index (χ4v) is 5.96. The summed E-state index contributed by atoms with van der Waals surface area (Å²) in [7, 11) is 3.20. The maximum Gasteiger partial charge on any atom is 0.407 e. The Balaban J connectivity index is 1.42. The molecule has 2 amide bonds. The van der Waals surface area contributed by atoms with E-state index in [-0.39, 0.29) is 25.1 Å². The first kappa shape index (κ1) is 31.4. The Morgan fingerprint density at radius 1 is 1.00 bits per heavy atom. The number of carbonyl (C=O) groups is 2. The van der Waals surface area contributed by atoms with Crippen molar-refractivity contribution in [1.82, 2.24) is 19.7 Å². The maximum atomic E-state index is 13.0. The van der Waals surface area contributed by atoms with Crippen LogP contribution in [0.15, 0.2) is 79.0 Å². The summed E-state index contributed by atoms with van der Waals surface area (Å²) < 4.78 is 12.8. The van der Waals surface area contributed by atoms with Crippen LogP contribution in [0.5, 0.6) is 11.5 Å². The number of benzene rings is 3. The van der Waals surface area contributed by atoms with Crippen molar-refractivity contribution in [1.29, 1.82) is 0 Å². The second kappa shape index (κ2) is 13.8. The number of piperidine rings is 1. The Kier molecular flexibility index (Phi) is 9.20. The molecule has 0 saturated carbocycles.